The van der Waals surface area contributed by atoms with Gasteiger partial charge in [0, 0.05) is 23.7 Å². The van der Waals surface area contributed by atoms with Crippen molar-refractivity contribution in [2.24, 2.45) is 5.73 Å². The van der Waals surface area contributed by atoms with Gasteiger partial charge in [-0.3, -0.25) is 0 Å². The molecule has 0 saturated carbocycles. The van der Waals surface area contributed by atoms with Gasteiger partial charge in [0.25, 0.3) is 0 Å². The highest BCUT2D eigenvalue weighted by molar-refractivity contribution is 5.83. The summed E-state index contributed by atoms with van der Waals surface area (Å²) in [5, 5.41) is 8.75. The van der Waals surface area contributed by atoms with E-state index in [1.54, 1.807) is 16.8 Å². The van der Waals surface area contributed by atoms with E-state index in [-0.39, 0.29) is 11.9 Å². The summed E-state index contributed by atoms with van der Waals surface area (Å²) in [7, 11) is 0. The van der Waals surface area contributed by atoms with Crippen molar-refractivity contribution in [2.45, 2.75) is 19.4 Å². The normalized spacial score (nSPS) is 12.5. The number of hydrogen-bond acceptors (Lipinski definition) is 3. The topological polar surface area (TPSA) is 55.9 Å². The molecule has 2 aromatic carbocycles. The maximum Gasteiger partial charge on any atom is 0.123 e. The molecular formula is C17H19FN4. The van der Waals surface area contributed by atoms with Crippen LogP contribution in [-0.2, 0) is 0 Å². The van der Waals surface area contributed by atoms with E-state index in [2.05, 4.69) is 17.3 Å². The van der Waals surface area contributed by atoms with Crippen molar-refractivity contribution in [3.8, 4) is 5.69 Å². The number of fused-ring (bicyclic) bond motifs is 1. The summed E-state index contributed by atoms with van der Waals surface area (Å²) < 4.78 is 14.8. The van der Waals surface area contributed by atoms with Crippen molar-refractivity contribution < 1.29 is 4.39 Å². The molecule has 3 N–H and O–H groups in total. The van der Waals surface area contributed by atoms with E-state index >= 15 is 0 Å². The molecule has 0 aliphatic carbocycles. The van der Waals surface area contributed by atoms with Gasteiger partial charge in [0.1, 0.15) is 5.82 Å². The van der Waals surface area contributed by atoms with E-state index in [1.165, 1.54) is 12.1 Å². The van der Waals surface area contributed by atoms with E-state index in [4.69, 9.17) is 5.73 Å². The van der Waals surface area contributed by atoms with Gasteiger partial charge in [-0.1, -0.05) is 6.92 Å². The van der Waals surface area contributed by atoms with Crippen LogP contribution in [0.15, 0.2) is 48.7 Å². The van der Waals surface area contributed by atoms with Crippen LogP contribution in [-0.4, -0.2) is 22.4 Å². The third-order valence-electron chi connectivity index (χ3n) is 3.73. The molecule has 3 aromatic rings. The first kappa shape index (κ1) is 14.5. The van der Waals surface area contributed by atoms with Gasteiger partial charge in [0.05, 0.1) is 17.4 Å². The number of nitrogens with two attached hydrogens (primary N) is 1. The highest BCUT2D eigenvalue weighted by Gasteiger charge is 2.06. The molecule has 1 aromatic heterocycles. The number of hydrogen-bond donors (Lipinski definition) is 2. The Labute approximate surface area is 128 Å². The van der Waals surface area contributed by atoms with Crippen molar-refractivity contribution in [3.63, 3.8) is 0 Å². The highest BCUT2D eigenvalue weighted by Crippen LogP contribution is 2.22. The lowest BCUT2D eigenvalue weighted by Gasteiger charge is -2.11. The number of aromatic nitrogens is 2. The molecule has 0 saturated heterocycles. The lowest BCUT2D eigenvalue weighted by atomic mass is 10.2. The molecule has 0 amide bonds. The second-order valence-electron chi connectivity index (χ2n) is 5.36. The fourth-order valence-electron chi connectivity index (χ4n) is 2.32. The monoisotopic (exact) mass is 298 g/mol. The molecule has 0 bridgehead atoms. The third kappa shape index (κ3) is 2.94. The molecular weight excluding hydrogens is 279 g/mol. The number of benzene rings is 2. The Morgan fingerprint density at radius 1 is 1.23 bits per heavy atom. The molecule has 1 unspecified atom stereocenters. The second kappa shape index (κ2) is 6.15. The fraction of sp³-hybridized carbons (Fsp3) is 0.235. The number of anilines is 1. The number of nitrogens with zero attached hydrogens (tertiary/aromatic N) is 2. The summed E-state index contributed by atoms with van der Waals surface area (Å²) in [6, 6.07) is 12.5. The Morgan fingerprint density at radius 2 is 2.00 bits per heavy atom. The fourth-order valence-corrected chi connectivity index (χ4v) is 2.32. The van der Waals surface area contributed by atoms with E-state index in [0.717, 1.165) is 35.2 Å². The van der Waals surface area contributed by atoms with E-state index < -0.39 is 0 Å². The van der Waals surface area contributed by atoms with E-state index in [1.807, 2.05) is 24.4 Å². The minimum Gasteiger partial charge on any atom is -0.383 e. The molecule has 0 fully saturated rings. The number of halogens is 1. The minimum absolute atomic E-state index is 0.151. The van der Waals surface area contributed by atoms with Crippen molar-refractivity contribution in [2.75, 3.05) is 11.9 Å². The zero-order chi connectivity index (χ0) is 15.5. The largest absolute Gasteiger partial charge is 0.383 e. The Bertz CT molecular complexity index is 764. The van der Waals surface area contributed by atoms with Crippen LogP contribution >= 0.6 is 0 Å². The van der Waals surface area contributed by atoms with Crippen LogP contribution in [0, 0.1) is 5.82 Å². The SMILES string of the molecule is CCC(N)CNc1ccc2c(cnn2-c2ccc(F)cc2)c1. The average molecular weight is 298 g/mol. The van der Waals surface area contributed by atoms with Crippen molar-refractivity contribution in [1.29, 1.82) is 0 Å². The first-order chi connectivity index (χ1) is 10.7. The summed E-state index contributed by atoms with van der Waals surface area (Å²) in [5.74, 6) is -0.251. The third-order valence-corrected chi connectivity index (χ3v) is 3.73. The quantitative estimate of drug-likeness (QED) is 0.760. The summed E-state index contributed by atoms with van der Waals surface area (Å²) in [5.41, 5.74) is 8.76. The predicted molar refractivity (Wildman–Crippen MR) is 87.8 cm³/mol. The maximum atomic E-state index is 13.0. The molecule has 1 heterocycles. The molecule has 3 rings (SSSR count). The van der Waals surface area contributed by atoms with E-state index in [9.17, 15) is 4.39 Å². The maximum absolute atomic E-state index is 13.0. The van der Waals surface area contributed by atoms with Crippen LogP contribution in [0.1, 0.15) is 13.3 Å². The smallest absolute Gasteiger partial charge is 0.123 e. The molecule has 4 nitrogen and oxygen atoms in total. The van der Waals surface area contributed by atoms with Crippen LogP contribution in [0.25, 0.3) is 16.6 Å². The van der Waals surface area contributed by atoms with Crippen LogP contribution in [0.4, 0.5) is 10.1 Å². The average Bonchev–Trinajstić information content (AvgIpc) is 2.96. The first-order valence-corrected chi connectivity index (χ1v) is 7.40. The standard InChI is InChI=1S/C17H19FN4/c1-2-14(19)11-20-15-5-8-17-12(9-15)10-21-22(17)16-6-3-13(18)4-7-16/h3-10,14,20H,2,11,19H2,1H3. The molecule has 114 valence electrons. The summed E-state index contributed by atoms with van der Waals surface area (Å²) in [6.07, 6.45) is 2.75. The number of nitrogens with one attached hydrogen (secondary N) is 1. The first-order valence-electron chi connectivity index (χ1n) is 7.40. The van der Waals surface area contributed by atoms with Gasteiger partial charge in [-0.15, -0.1) is 0 Å². The van der Waals surface area contributed by atoms with Crippen molar-refractivity contribution >= 4 is 16.6 Å². The van der Waals surface area contributed by atoms with Crippen molar-refractivity contribution in [1.82, 2.24) is 9.78 Å². The highest BCUT2D eigenvalue weighted by atomic mass is 19.1. The van der Waals surface area contributed by atoms with Gasteiger partial charge in [0.15, 0.2) is 0 Å². The van der Waals surface area contributed by atoms with Gasteiger partial charge in [-0.25, -0.2) is 9.07 Å². The molecule has 0 radical (unpaired) electrons. The van der Waals surface area contributed by atoms with Gasteiger partial charge in [-0.05, 0) is 48.9 Å². The molecule has 0 spiro atoms. The van der Waals surface area contributed by atoms with Gasteiger partial charge >= 0.3 is 0 Å². The summed E-state index contributed by atoms with van der Waals surface area (Å²) >= 11 is 0. The van der Waals surface area contributed by atoms with Gasteiger partial charge in [0.2, 0.25) is 0 Å². The lowest BCUT2D eigenvalue weighted by molar-refractivity contribution is 0.627. The molecule has 1 atom stereocenters. The summed E-state index contributed by atoms with van der Waals surface area (Å²) in [4.78, 5) is 0. The molecule has 0 aliphatic heterocycles. The van der Waals surface area contributed by atoms with Crippen molar-refractivity contribution in [3.05, 3.63) is 54.5 Å². The van der Waals surface area contributed by atoms with E-state index in [0.29, 0.717) is 0 Å². The van der Waals surface area contributed by atoms with Crippen LogP contribution in [0.5, 0.6) is 0 Å². The predicted octanol–water partition coefficient (Wildman–Crippen LogP) is 3.31. The number of rotatable bonds is 5. The Hall–Kier alpha value is -2.40. The Kier molecular flexibility index (Phi) is 4.06. The van der Waals surface area contributed by atoms with Crippen LogP contribution < -0.4 is 11.1 Å². The molecule has 5 heteroatoms. The van der Waals surface area contributed by atoms with Gasteiger partial charge < -0.3 is 11.1 Å². The minimum atomic E-state index is -0.251. The lowest BCUT2D eigenvalue weighted by Crippen LogP contribution is -2.27. The zero-order valence-electron chi connectivity index (χ0n) is 12.5. The second-order valence-corrected chi connectivity index (χ2v) is 5.36. The van der Waals surface area contributed by atoms with Crippen LogP contribution in [0.3, 0.4) is 0 Å². The molecule has 0 aliphatic rings. The zero-order valence-corrected chi connectivity index (χ0v) is 12.5. The Morgan fingerprint density at radius 3 is 2.73 bits per heavy atom. The Balaban J connectivity index is 1.87. The van der Waals surface area contributed by atoms with Gasteiger partial charge in [-0.2, -0.15) is 5.10 Å². The molecule has 22 heavy (non-hydrogen) atoms. The van der Waals surface area contributed by atoms with Crippen LogP contribution in [0.2, 0.25) is 0 Å². The summed E-state index contributed by atoms with van der Waals surface area (Å²) in [6.45, 7) is 2.82.